The second-order valence-corrected chi connectivity index (χ2v) is 28.4. The number of esters is 4. The van der Waals surface area contributed by atoms with Gasteiger partial charge in [0.2, 0.25) is 0 Å². The van der Waals surface area contributed by atoms with Crippen molar-refractivity contribution >= 4 is 39.5 Å². The SMILES string of the molecule is CCCCCCCCCCC(=O)OC[C@H](COP(=O)(O)OC[C@H](O)COP(=O)(O)OC[C@@H](COC(=O)CCCCCCCCCCC(C)CC)OC(=O)CCCCCCCCCCCCCCCCC(C)C)OC(=O)CCCCCCCCC(C)CC. The number of rotatable bonds is 66. The fraction of sp³-hybridized carbons (Fsp3) is 0.941. The first-order valence-electron chi connectivity index (χ1n) is 35.4. The minimum Gasteiger partial charge on any atom is -0.462 e. The quantitative estimate of drug-likeness (QED) is 0.0222. The molecule has 0 saturated heterocycles. The fourth-order valence-corrected chi connectivity index (χ4v) is 11.7. The van der Waals surface area contributed by atoms with Crippen LogP contribution in [0.5, 0.6) is 0 Å². The van der Waals surface area contributed by atoms with Gasteiger partial charge in [-0.3, -0.25) is 37.3 Å². The third-order valence-electron chi connectivity index (χ3n) is 16.4. The number of hydrogen-bond acceptors (Lipinski definition) is 15. The van der Waals surface area contributed by atoms with E-state index in [0.29, 0.717) is 25.7 Å². The van der Waals surface area contributed by atoms with Crippen LogP contribution in [0.2, 0.25) is 0 Å². The molecule has 0 rings (SSSR count). The Kier molecular flexibility index (Phi) is 57.8. The van der Waals surface area contributed by atoms with Gasteiger partial charge in [-0.2, -0.15) is 0 Å². The summed E-state index contributed by atoms with van der Waals surface area (Å²) in [6, 6.07) is 0. The molecule has 0 amide bonds. The number of hydrogen-bond donors (Lipinski definition) is 3. The topological polar surface area (TPSA) is 237 Å². The number of aliphatic hydroxyl groups excluding tert-OH is 1. The van der Waals surface area contributed by atoms with Crippen LogP contribution >= 0.6 is 15.6 Å². The van der Waals surface area contributed by atoms with E-state index in [-0.39, 0.29) is 25.7 Å². The standard InChI is InChI=1S/C68H132O17P2/c1-8-11-12-13-14-27-35-42-49-65(70)78-56-64(85-68(73)52-45-38-31-30-34-41-48-61(7)10-3)58-83-87(76,77)81-54-62(69)53-80-86(74,75)82-57-63(55-79-66(71)50-43-36-28-24-23-26-33-40-47-60(6)9-2)84-67(72)51-44-37-29-22-20-18-16-15-17-19-21-25-32-39-46-59(4)5/h59-64,69H,8-58H2,1-7H3,(H,74,75)(H,76,77)/t60?,61?,62-,63-,64-/m1/s1. The molecule has 0 fully saturated rings. The van der Waals surface area contributed by atoms with Crippen molar-refractivity contribution in [2.75, 3.05) is 39.6 Å². The van der Waals surface area contributed by atoms with Crippen LogP contribution in [0.1, 0.15) is 337 Å². The van der Waals surface area contributed by atoms with Gasteiger partial charge in [-0.1, -0.05) is 286 Å². The Labute approximate surface area is 530 Å². The lowest BCUT2D eigenvalue weighted by Gasteiger charge is -2.21. The van der Waals surface area contributed by atoms with E-state index < -0.39 is 97.5 Å². The largest absolute Gasteiger partial charge is 0.472 e. The van der Waals surface area contributed by atoms with Crippen molar-refractivity contribution in [2.45, 2.75) is 356 Å². The van der Waals surface area contributed by atoms with Crippen LogP contribution in [-0.2, 0) is 65.4 Å². The zero-order valence-electron chi connectivity index (χ0n) is 56.5. The third kappa shape index (κ3) is 60.1. The first-order chi connectivity index (χ1) is 41.8. The second kappa shape index (κ2) is 59.1. The smallest absolute Gasteiger partial charge is 0.462 e. The summed E-state index contributed by atoms with van der Waals surface area (Å²) in [5.74, 6) is 0.159. The number of ether oxygens (including phenoxy) is 4. The minimum absolute atomic E-state index is 0.102. The molecule has 0 aliphatic carbocycles. The van der Waals surface area contributed by atoms with Crippen LogP contribution < -0.4 is 0 Å². The molecule has 0 bridgehead atoms. The first-order valence-corrected chi connectivity index (χ1v) is 38.4. The molecule has 0 spiro atoms. The van der Waals surface area contributed by atoms with E-state index in [1.54, 1.807) is 0 Å². The normalized spacial score (nSPS) is 14.9. The van der Waals surface area contributed by atoms with E-state index in [0.717, 1.165) is 114 Å². The zero-order chi connectivity index (χ0) is 64.5. The molecule has 0 aromatic carbocycles. The van der Waals surface area contributed by atoms with Gasteiger partial charge in [0.05, 0.1) is 26.4 Å². The fourth-order valence-electron chi connectivity index (χ4n) is 10.1. The molecule has 0 radical (unpaired) electrons. The van der Waals surface area contributed by atoms with Crippen molar-refractivity contribution in [3.63, 3.8) is 0 Å². The molecule has 516 valence electrons. The maximum absolute atomic E-state index is 13.0. The monoisotopic (exact) mass is 1280 g/mol. The molecule has 0 aromatic heterocycles. The van der Waals surface area contributed by atoms with Gasteiger partial charge < -0.3 is 33.8 Å². The number of carbonyl (C=O) groups excluding carboxylic acids is 4. The summed E-state index contributed by atoms with van der Waals surface area (Å²) in [6.07, 6.45) is 41.7. The zero-order valence-corrected chi connectivity index (χ0v) is 58.3. The van der Waals surface area contributed by atoms with Gasteiger partial charge in [0, 0.05) is 25.7 Å². The van der Waals surface area contributed by atoms with Crippen molar-refractivity contribution in [1.82, 2.24) is 0 Å². The van der Waals surface area contributed by atoms with E-state index in [1.807, 2.05) is 0 Å². The van der Waals surface area contributed by atoms with Crippen molar-refractivity contribution < 1.29 is 80.2 Å². The van der Waals surface area contributed by atoms with Crippen LogP contribution in [0.25, 0.3) is 0 Å². The number of carbonyl (C=O) groups is 4. The van der Waals surface area contributed by atoms with Crippen molar-refractivity contribution in [3.8, 4) is 0 Å². The van der Waals surface area contributed by atoms with Crippen LogP contribution in [0, 0.1) is 17.8 Å². The van der Waals surface area contributed by atoms with Crippen molar-refractivity contribution in [2.24, 2.45) is 17.8 Å². The lowest BCUT2D eigenvalue weighted by Crippen LogP contribution is -2.30. The summed E-state index contributed by atoms with van der Waals surface area (Å²) in [5, 5.41) is 10.6. The Morgan fingerprint density at radius 2 is 0.586 bits per heavy atom. The maximum atomic E-state index is 13.0. The molecule has 17 nitrogen and oxygen atoms in total. The number of aliphatic hydroxyl groups is 1. The molecule has 19 heteroatoms. The summed E-state index contributed by atoms with van der Waals surface area (Å²) in [4.78, 5) is 72.3. The van der Waals surface area contributed by atoms with Crippen LogP contribution in [0.3, 0.4) is 0 Å². The molecule has 0 aliphatic rings. The Hall–Kier alpha value is -1.94. The predicted octanol–water partition coefficient (Wildman–Crippen LogP) is 19.1. The third-order valence-corrected chi connectivity index (χ3v) is 18.3. The molecule has 0 heterocycles. The van der Waals surface area contributed by atoms with Gasteiger partial charge in [-0.25, -0.2) is 9.13 Å². The van der Waals surface area contributed by atoms with Gasteiger partial charge in [0.15, 0.2) is 12.2 Å². The summed E-state index contributed by atoms with van der Waals surface area (Å²) in [6.45, 7) is 11.8. The van der Waals surface area contributed by atoms with Crippen LogP contribution in [-0.4, -0.2) is 96.7 Å². The van der Waals surface area contributed by atoms with E-state index >= 15 is 0 Å². The molecule has 87 heavy (non-hydrogen) atoms. The average Bonchev–Trinajstić information content (AvgIpc) is 3.62. The van der Waals surface area contributed by atoms with E-state index in [4.69, 9.17) is 37.0 Å². The van der Waals surface area contributed by atoms with Gasteiger partial charge in [0.25, 0.3) is 0 Å². The van der Waals surface area contributed by atoms with Gasteiger partial charge in [0.1, 0.15) is 19.3 Å². The highest BCUT2D eigenvalue weighted by atomic mass is 31.2. The molecular weight excluding hydrogens is 1150 g/mol. The van der Waals surface area contributed by atoms with Gasteiger partial charge >= 0.3 is 39.5 Å². The van der Waals surface area contributed by atoms with Crippen LogP contribution in [0.4, 0.5) is 0 Å². The van der Waals surface area contributed by atoms with Crippen LogP contribution in [0.15, 0.2) is 0 Å². The predicted molar refractivity (Wildman–Crippen MR) is 349 cm³/mol. The highest BCUT2D eigenvalue weighted by Crippen LogP contribution is 2.45. The molecular formula is C68H132O17P2. The molecule has 7 atom stereocenters. The Morgan fingerprint density at radius 3 is 0.874 bits per heavy atom. The number of phosphoric acid groups is 2. The Bertz CT molecular complexity index is 1720. The maximum Gasteiger partial charge on any atom is 0.472 e. The summed E-state index contributed by atoms with van der Waals surface area (Å²) >= 11 is 0. The van der Waals surface area contributed by atoms with Gasteiger partial charge in [-0.05, 0) is 43.4 Å². The number of unbranched alkanes of at least 4 members (excludes halogenated alkanes) is 32. The molecule has 0 aromatic rings. The first kappa shape index (κ1) is 85.1. The van der Waals surface area contributed by atoms with Crippen molar-refractivity contribution in [1.29, 1.82) is 0 Å². The second-order valence-electron chi connectivity index (χ2n) is 25.5. The Balaban J connectivity index is 5.22. The summed E-state index contributed by atoms with van der Waals surface area (Å²) in [5.41, 5.74) is 0. The summed E-state index contributed by atoms with van der Waals surface area (Å²) in [7, 11) is -9.89. The van der Waals surface area contributed by atoms with E-state index in [1.165, 1.54) is 141 Å². The molecule has 0 saturated carbocycles. The van der Waals surface area contributed by atoms with Crippen molar-refractivity contribution in [3.05, 3.63) is 0 Å². The highest BCUT2D eigenvalue weighted by Gasteiger charge is 2.30. The van der Waals surface area contributed by atoms with Gasteiger partial charge in [-0.15, -0.1) is 0 Å². The summed E-state index contributed by atoms with van der Waals surface area (Å²) < 4.78 is 68.1. The number of phosphoric ester groups is 2. The van der Waals surface area contributed by atoms with E-state index in [9.17, 15) is 43.2 Å². The molecule has 3 N–H and O–H groups in total. The average molecular weight is 1280 g/mol. The molecule has 0 aliphatic heterocycles. The highest BCUT2D eigenvalue weighted by molar-refractivity contribution is 7.47. The Morgan fingerprint density at radius 1 is 0.333 bits per heavy atom. The lowest BCUT2D eigenvalue weighted by atomic mass is 9.99. The lowest BCUT2D eigenvalue weighted by molar-refractivity contribution is -0.161. The van der Waals surface area contributed by atoms with E-state index in [2.05, 4.69) is 48.5 Å². The minimum atomic E-state index is -4.95. The molecule has 4 unspecified atom stereocenters.